The predicted molar refractivity (Wildman–Crippen MR) is 134 cm³/mol. The maximum atomic E-state index is 9.64. The highest BCUT2D eigenvalue weighted by Crippen LogP contribution is 2.27. The van der Waals surface area contributed by atoms with Crippen LogP contribution >= 0.6 is 11.6 Å². The van der Waals surface area contributed by atoms with Gasteiger partial charge in [0.15, 0.2) is 0 Å². The van der Waals surface area contributed by atoms with E-state index < -0.39 is 23.9 Å². The number of carbonyl (C=O) groups is 4. The first kappa shape index (κ1) is 33.1. The molecule has 36 heavy (non-hydrogen) atoms. The Balaban J connectivity index is 0.000000634. The molecule has 0 saturated carbocycles. The number of carboxylic acid groups (broad SMARTS) is 4. The molecule has 1 aliphatic heterocycles. The minimum absolute atomic E-state index is 0.296. The van der Waals surface area contributed by atoms with Crippen LogP contribution in [0.3, 0.4) is 0 Å². The molecule has 1 aliphatic rings. The third-order valence-electron chi connectivity index (χ3n) is 4.82. The van der Waals surface area contributed by atoms with E-state index in [9.17, 15) is 19.2 Å². The van der Waals surface area contributed by atoms with Crippen molar-refractivity contribution in [2.45, 2.75) is 45.6 Å². The zero-order valence-corrected chi connectivity index (χ0v) is 21.7. The normalized spacial score (nSPS) is 14.8. The molecule has 2 rings (SSSR count). The molecule has 1 fully saturated rings. The van der Waals surface area contributed by atoms with Gasteiger partial charge >= 0.3 is 23.9 Å². The van der Waals surface area contributed by atoms with Gasteiger partial charge in [0.05, 0.1) is 32.3 Å². The number of hydrogen-bond acceptors (Lipinski definition) is 7. The summed E-state index contributed by atoms with van der Waals surface area (Å²) < 4.78 is 5.70. The number of likely N-dealkylation sites (tertiary alicyclic amines) is 1. The molecule has 1 atom stereocenters. The van der Waals surface area contributed by atoms with Gasteiger partial charge in [-0.15, -0.1) is 0 Å². The Morgan fingerprint density at radius 3 is 1.89 bits per heavy atom. The zero-order chi connectivity index (χ0) is 27.7. The molecular formula is C24H37ClN2O9. The maximum absolute atomic E-state index is 9.64. The van der Waals surface area contributed by atoms with Gasteiger partial charge < -0.3 is 30.1 Å². The summed E-state index contributed by atoms with van der Waals surface area (Å²) in [6.07, 6.45) is 0.0953. The molecule has 1 heterocycles. The van der Waals surface area contributed by atoms with Crippen LogP contribution < -0.4 is 4.74 Å². The average molecular weight is 533 g/mol. The van der Waals surface area contributed by atoms with E-state index in [0.29, 0.717) is 6.61 Å². The molecule has 0 aliphatic carbocycles. The second-order valence-corrected chi connectivity index (χ2v) is 8.85. The third kappa shape index (κ3) is 17.5. The van der Waals surface area contributed by atoms with E-state index in [1.165, 1.54) is 18.5 Å². The maximum Gasteiger partial charge on any atom is 0.303 e. The van der Waals surface area contributed by atoms with Crippen molar-refractivity contribution < 1.29 is 44.3 Å². The highest BCUT2D eigenvalue weighted by Gasteiger charge is 2.23. The fourth-order valence-corrected chi connectivity index (χ4v) is 3.55. The SMILES string of the molecule is CCOc1ccc(Cl)cc1CN1CC[C@@H](CN(C)C)C1.O=C(O)CCC(=O)O.O=C(O)CCC(=O)O. The first-order chi connectivity index (χ1) is 16.8. The highest BCUT2D eigenvalue weighted by atomic mass is 35.5. The molecule has 11 nitrogen and oxygen atoms in total. The third-order valence-corrected chi connectivity index (χ3v) is 5.05. The number of carboxylic acids is 4. The van der Waals surface area contributed by atoms with E-state index in [4.69, 9.17) is 36.8 Å². The van der Waals surface area contributed by atoms with Crippen LogP contribution in [0.1, 0.15) is 44.6 Å². The van der Waals surface area contributed by atoms with Crippen molar-refractivity contribution in [3.05, 3.63) is 28.8 Å². The van der Waals surface area contributed by atoms with Gasteiger partial charge in [-0.2, -0.15) is 0 Å². The van der Waals surface area contributed by atoms with Gasteiger partial charge in [0.1, 0.15) is 5.75 Å². The smallest absolute Gasteiger partial charge is 0.303 e. The van der Waals surface area contributed by atoms with E-state index in [2.05, 4.69) is 23.9 Å². The Morgan fingerprint density at radius 1 is 0.972 bits per heavy atom. The van der Waals surface area contributed by atoms with Gasteiger partial charge in [0.2, 0.25) is 0 Å². The lowest BCUT2D eigenvalue weighted by molar-refractivity contribution is -0.143. The Kier molecular flexibility index (Phi) is 16.9. The number of benzene rings is 1. The minimum atomic E-state index is -1.08. The Hall–Kier alpha value is -2.89. The first-order valence-corrected chi connectivity index (χ1v) is 11.9. The Morgan fingerprint density at radius 2 is 1.47 bits per heavy atom. The number of nitrogens with zero attached hydrogens (tertiary/aromatic N) is 2. The molecule has 0 amide bonds. The van der Waals surface area contributed by atoms with E-state index in [1.807, 2.05) is 25.1 Å². The highest BCUT2D eigenvalue weighted by molar-refractivity contribution is 6.30. The molecule has 0 spiro atoms. The molecule has 0 unspecified atom stereocenters. The van der Waals surface area contributed by atoms with Crippen LogP contribution in [0.5, 0.6) is 5.75 Å². The molecular weight excluding hydrogens is 496 g/mol. The predicted octanol–water partition coefficient (Wildman–Crippen LogP) is 2.99. The van der Waals surface area contributed by atoms with Crippen LogP contribution in [0.15, 0.2) is 18.2 Å². The Bertz CT molecular complexity index is 793. The van der Waals surface area contributed by atoms with Gasteiger partial charge in [0.25, 0.3) is 0 Å². The fraction of sp³-hybridized carbons (Fsp3) is 0.583. The largest absolute Gasteiger partial charge is 0.494 e. The standard InChI is InChI=1S/C16H25ClN2O.2C4H6O4/c1-4-20-16-6-5-15(17)9-14(16)12-19-8-7-13(11-19)10-18(2)3;2*5-3(6)1-2-4(7)8/h5-6,9,13H,4,7-8,10-12H2,1-3H3;2*1-2H2,(H,5,6)(H,7,8)/t13-;;/m0../s1. The summed E-state index contributed by atoms with van der Waals surface area (Å²) in [7, 11) is 4.29. The van der Waals surface area contributed by atoms with Crippen molar-refractivity contribution in [2.24, 2.45) is 5.92 Å². The van der Waals surface area contributed by atoms with Crippen LogP contribution in [0.4, 0.5) is 0 Å². The number of halogens is 1. The molecule has 0 bridgehead atoms. The van der Waals surface area contributed by atoms with Gasteiger partial charge in [0, 0.05) is 30.2 Å². The molecule has 1 saturated heterocycles. The Labute approximate surface area is 216 Å². The molecule has 12 heteroatoms. The van der Waals surface area contributed by atoms with E-state index in [1.54, 1.807) is 0 Å². The van der Waals surface area contributed by atoms with Gasteiger partial charge in [-0.05, 0) is 58.1 Å². The van der Waals surface area contributed by atoms with E-state index in [-0.39, 0.29) is 25.7 Å². The summed E-state index contributed by atoms with van der Waals surface area (Å²) >= 11 is 6.12. The monoisotopic (exact) mass is 532 g/mol. The van der Waals surface area contributed by atoms with Crippen molar-refractivity contribution in [3.63, 3.8) is 0 Å². The quantitative estimate of drug-likeness (QED) is 0.312. The van der Waals surface area contributed by atoms with E-state index in [0.717, 1.165) is 36.3 Å². The lowest BCUT2D eigenvalue weighted by Crippen LogP contribution is -2.25. The molecule has 1 aromatic carbocycles. The minimum Gasteiger partial charge on any atom is -0.494 e. The van der Waals surface area contributed by atoms with Crippen molar-refractivity contribution >= 4 is 35.5 Å². The number of rotatable bonds is 12. The van der Waals surface area contributed by atoms with Crippen LogP contribution in [-0.2, 0) is 25.7 Å². The molecule has 0 aromatic heterocycles. The lowest BCUT2D eigenvalue weighted by atomic mass is 10.1. The van der Waals surface area contributed by atoms with E-state index >= 15 is 0 Å². The van der Waals surface area contributed by atoms with Crippen molar-refractivity contribution in [2.75, 3.05) is 40.3 Å². The molecule has 204 valence electrons. The topological polar surface area (TPSA) is 165 Å². The average Bonchev–Trinajstić information content (AvgIpc) is 3.19. The fourth-order valence-electron chi connectivity index (χ4n) is 3.36. The lowest BCUT2D eigenvalue weighted by Gasteiger charge is -2.20. The number of ether oxygens (including phenoxy) is 1. The van der Waals surface area contributed by atoms with Gasteiger partial charge in [-0.1, -0.05) is 11.6 Å². The van der Waals surface area contributed by atoms with Gasteiger partial charge in [-0.25, -0.2) is 0 Å². The molecule has 4 N–H and O–H groups in total. The van der Waals surface area contributed by atoms with Crippen LogP contribution in [0.25, 0.3) is 0 Å². The van der Waals surface area contributed by atoms with Crippen molar-refractivity contribution in [1.29, 1.82) is 0 Å². The number of aliphatic carboxylic acids is 4. The van der Waals surface area contributed by atoms with Crippen molar-refractivity contribution in [1.82, 2.24) is 9.80 Å². The van der Waals surface area contributed by atoms with Gasteiger partial charge in [-0.3, -0.25) is 24.1 Å². The second kappa shape index (κ2) is 18.4. The zero-order valence-electron chi connectivity index (χ0n) is 21.0. The van der Waals surface area contributed by atoms with Crippen LogP contribution in [0.2, 0.25) is 5.02 Å². The summed E-state index contributed by atoms with van der Waals surface area (Å²) in [5, 5.41) is 32.4. The number of hydrogen-bond donors (Lipinski definition) is 4. The van der Waals surface area contributed by atoms with Crippen LogP contribution in [0, 0.1) is 5.92 Å². The summed E-state index contributed by atoms with van der Waals surface area (Å²) in [6.45, 7) is 7.14. The molecule has 1 aromatic rings. The first-order valence-electron chi connectivity index (χ1n) is 11.5. The second-order valence-electron chi connectivity index (χ2n) is 8.41. The molecule has 0 radical (unpaired) electrons. The summed E-state index contributed by atoms with van der Waals surface area (Å²) in [5.41, 5.74) is 1.20. The van der Waals surface area contributed by atoms with Crippen molar-refractivity contribution in [3.8, 4) is 5.75 Å². The summed E-state index contributed by atoms with van der Waals surface area (Å²) in [6, 6.07) is 5.91. The summed E-state index contributed by atoms with van der Waals surface area (Å²) in [5.74, 6) is -2.56. The summed E-state index contributed by atoms with van der Waals surface area (Å²) in [4.78, 5) is 43.3. The van der Waals surface area contributed by atoms with Crippen LogP contribution in [-0.4, -0.2) is 94.4 Å².